The van der Waals surface area contributed by atoms with Gasteiger partial charge in [-0.1, -0.05) is 11.6 Å². The highest BCUT2D eigenvalue weighted by molar-refractivity contribution is 6.52. The number of ketones is 1. The maximum Gasteiger partial charge on any atom is 0.405 e. The molecule has 1 aromatic rings. The second-order valence-electron chi connectivity index (χ2n) is 4.97. The number of rotatable bonds is 3. The Labute approximate surface area is 123 Å². The molecule has 0 fully saturated rings. The highest BCUT2D eigenvalue weighted by Gasteiger charge is 2.35. The van der Waals surface area contributed by atoms with E-state index >= 15 is 0 Å². The van der Waals surface area contributed by atoms with Crippen LogP contribution in [-0.4, -0.2) is 30.5 Å². The number of alkyl halides is 3. The molecule has 4 nitrogen and oxygen atoms in total. The van der Waals surface area contributed by atoms with E-state index in [1.807, 2.05) is 0 Å². The highest BCUT2D eigenvalue weighted by Crippen LogP contribution is 2.37. The van der Waals surface area contributed by atoms with E-state index in [4.69, 9.17) is 11.6 Å². The molecule has 0 saturated heterocycles. The standard InChI is InChI=1S/C13H12ClF3N2O2/c1-6(2)19(5-13(15,16)17)10-4-9-7(3-8(10)14)11(20)12(21)18-9/h3-4,6H,5H2,1-2H3,(H,18,20,21). The Balaban J connectivity index is 2.46. The van der Waals surface area contributed by atoms with Crippen LogP contribution in [0.5, 0.6) is 0 Å². The largest absolute Gasteiger partial charge is 0.405 e. The molecule has 0 saturated carbocycles. The number of Topliss-reactive ketones (excluding diaryl/α,β-unsaturated/α-hetero) is 1. The van der Waals surface area contributed by atoms with Crippen LogP contribution in [-0.2, 0) is 4.79 Å². The number of carbonyl (C=O) groups is 2. The molecule has 0 aliphatic carbocycles. The number of nitrogens with one attached hydrogen (secondary N) is 1. The van der Waals surface area contributed by atoms with Gasteiger partial charge in [-0.05, 0) is 26.0 Å². The highest BCUT2D eigenvalue weighted by atomic mass is 35.5. The number of fused-ring (bicyclic) bond motifs is 1. The lowest BCUT2D eigenvalue weighted by Crippen LogP contribution is -2.39. The lowest BCUT2D eigenvalue weighted by molar-refractivity contribution is -0.120. The van der Waals surface area contributed by atoms with Gasteiger partial charge in [-0.3, -0.25) is 9.59 Å². The Hall–Kier alpha value is -1.76. The maximum atomic E-state index is 12.7. The fourth-order valence-electron chi connectivity index (χ4n) is 2.11. The molecule has 1 amide bonds. The minimum atomic E-state index is -4.40. The molecule has 1 aromatic carbocycles. The van der Waals surface area contributed by atoms with Crippen LogP contribution in [0.25, 0.3) is 0 Å². The first-order valence-electron chi connectivity index (χ1n) is 6.13. The van der Waals surface area contributed by atoms with E-state index in [1.165, 1.54) is 12.1 Å². The van der Waals surface area contributed by atoms with Crippen LogP contribution in [0.1, 0.15) is 24.2 Å². The average molecular weight is 321 g/mol. The van der Waals surface area contributed by atoms with Crippen molar-refractivity contribution in [2.45, 2.75) is 26.1 Å². The predicted molar refractivity (Wildman–Crippen MR) is 72.9 cm³/mol. The van der Waals surface area contributed by atoms with Crippen molar-refractivity contribution in [1.29, 1.82) is 0 Å². The molecule has 0 radical (unpaired) electrons. The minimum Gasteiger partial charge on any atom is -0.359 e. The normalized spacial score (nSPS) is 14.4. The van der Waals surface area contributed by atoms with Crippen molar-refractivity contribution >= 4 is 34.7 Å². The van der Waals surface area contributed by atoms with Gasteiger partial charge in [0.2, 0.25) is 0 Å². The van der Waals surface area contributed by atoms with Crippen molar-refractivity contribution in [3.63, 3.8) is 0 Å². The molecule has 0 bridgehead atoms. The third-order valence-corrected chi connectivity index (χ3v) is 3.37. The van der Waals surface area contributed by atoms with Crippen LogP contribution < -0.4 is 10.2 Å². The Morgan fingerprint density at radius 3 is 2.43 bits per heavy atom. The van der Waals surface area contributed by atoms with Crippen LogP contribution in [0, 0.1) is 0 Å². The van der Waals surface area contributed by atoms with Gasteiger partial charge in [-0.2, -0.15) is 13.2 Å². The second-order valence-corrected chi connectivity index (χ2v) is 5.38. The molecule has 1 N–H and O–H groups in total. The molecule has 0 atom stereocenters. The summed E-state index contributed by atoms with van der Waals surface area (Å²) >= 11 is 5.99. The van der Waals surface area contributed by atoms with Crippen molar-refractivity contribution < 1.29 is 22.8 Å². The van der Waals surface area contributed by atoms with Crippen molar-refractivity contribution in [2.24, 2.45) is 0 Å². The van der Waals surface area contributed by atoms with E-state index in [0.717, 1.165) is 4.90 Å². The summed E-state index contributed by atoms with van der Waals surface area (Å²) in [5.41, 5.74) is 0.374. The summed E-state index contributed by atoms with van der Waals surface area (Å²) < 4.78 is 38.0. The summed E-state index contributed by atoms with van der Waals surface area (Å²) in [7, 11) is 0. The van der Waals surface area contributed by atoms with Crippen LogP contribution in [0.4, 0.5) is 24.5 Å². The predicted octanol–water partition coefficient (Wildman–Crippen LogP) is 3.25. The minimum absolute atomic E-state index is 0.00319. The van der Waals surface area contributed by atoms with Gasteiger partial charge in [0.25, 0.3) is 11.7 Å². The van der Waals surface area contributed by atoms with Gasteiger partial charge >= 0.3 is 6.18 Å². The molecule has 0 aromatic heterocycles. The van der Waals surface area contributed by atoms with Gasteiger partial charge in [0.15, 0.2) is 0 Å². The summed E-state index contributed by atoms with van der Waals surface area (Å²) in [5, 5.41) is 2.31. The molecule has 8 heteroatoms. The van der Waals surface area contributed by atoms with Gasteiger partial charge in [0.1, 0.15) is 6.54 Å². The summed E-state index contributed by atoms with van der Waals surface area (Å²) in [5.74, 6) is -1.56. The van der Waals surface area contributed by atoms with Crippen molar-refractivity contribution in [3.05, 3.63) is 22.7 Å². The average Bonchev–Trinajstić information content (AvgIpc) is 2.61. The van der Waals surface area contributed by atoms with Gasteiger partial charge in [0.05, 0.1) is 22.0 Å². The van der Waals surface area contributed by atoms with Crippen molar-refractivity contribution in [1.82, 2.24) is 0 Å². The fraction of sp³-hybridized carbons (Fsp3) is 0.385. The first-order valence-corrected chi connectivity index (χ1v) is 6.50. The number of amides is 1. The summed E-state index contributed by atoms with van der Waals surface area (Å²) in [6, 6.07) is 2.06. The number of halogens is 4. The number of nitrogens with zero attached hydrogens (tertiary/aromatic N) is 1. The zero-order valence-corrected chi connectivity index (χ0v) is 12.0. The molecule has 0 unspecified atom stereocenters. The van der Waals surface area contributed by atoms with Gasteiger partial charge in [-0.25, -0.2) is 0 Å². The number of benzene rings is 1. The molecule has 2 rings (SSSR count). The monoisotopic (exact) mass is 320 g/mol. The summed E-state index contributed by atoms with van der Waals surface area (Å²) in [4.78, 5) is 23.9. The van der Waals surface area contributed by atoms with Gasteiger partial charge < -0.3 is 10.2 Å². The van der Waals surface area contributed by atoms with Crippen LogP contribution in [0.3, 0.4) is 0 Å². The fourth-order valence-corrected chi connectivity index (χ4v) is 2.39. The Morgan fingerprint density at radius 1 is 1.29 bits per heavy atom. The molecular formula is C13H12ClF3N2O2. The van der Waals surface area contributed by atoms with Crippen molar-refractivity contribution in [3.8, 4) is 0 Å². The van der Waals surface area contributed by atoms with E-state index in [9.17, 15) is 22.8 Å². The first kappa shape index (κ1) is 15.6. The first-order chi connectivity index (χ1) is 9.60. The van der Waals surface area contributed by atoms with Crippen LogP contribution >= 0.6 is 11.6 Å². The molecular weight excluding hydrogens is 309 g/mol. The Morgan fingerprint density at radius 2 is 1.90 bits per heavy atom. The molecule has 114 valence electrons. The van der Waals surface area contributed by atoms with E-state index in [0.29, 0.717) is 0 Å². The van der Waals surface area contributed by atoms with E-state index in [2.05, 4.69) is 5.32 Å². The molecule has 1 heterocycles. The van der Waals surface area contributed by atoms with Crippen LogP contribution in [0.15, 0.2) is 12.1 Å². The van der Waals surface area contributed by atoms with Gasteiger partial charge in [0, 0.05) is 6.04 Å². The third kappa shape index (κ3) is 3.12. The van der Waals surface area contributed by atoms with Gasteiger partial charge in [-0.15, -0.1) is 0 Å². The maximum absolute atomic E-state index is 12.7. The smallest absolute Gasteiger partial charge is 0.359 e. The lowest BCUT2D eigenvalue weighted by atomic mass is 10.1. The zero-order chi connectivity index (χ0) is 15.9. The lowest BCUT2D eigenvalue weighted by Gasteiger charge is -2.31. The number of carbonyl (C=O) groups excluding carboxylic acids is 2. The van der Waals surface area contributed by atoms with Crippen molar-refractivity contribution in [2.75, 3.05) is 16.8 Å². The quantitative estimate of drug-likeness (QED) is 0.870. The summed E-state index contributed by atoms with van der Waals surface area (Å²) in [6.07, 6.45) is -4.40. The Bertz CT molecular complexity index is 614. The van der Waals surface area contributed by atoms with E-state index in [1.54, 1.807) is 13.8 Å². The van der Waals surface area contributed by atoms with E-state index < -0.39 is 30.5 Å². The van der Waals surface area contributed by atoms with E-state index in [-0.39, 0.29) is 22.0 Å². The third-order valence-electron chi connectivity index (χ3n) is 3.07. The molecule has 21 heavy (non-hydrogen) atoms. The molecule has 0 spiro atoms. The number of anilines is 2. The van der Waals surface area contributed by atoms with Crippen LogP contribution in [0.2, 0.25) is 5.02 Å². The molecule has 1 aliphatic heterocycles. The topological polar surface area (TPSA) is 49.4 Å². The zero-order valence-electron chi connectivity index (χ0n) is 11.2. The Kier molecular flexibility index (Phi) is 3.88. The SMILES string of the molecule is CC(C)N(CC(F)(F)F)c1cc2c(cc1Cl)C(=O)C(=O)N2. The molecule has 1 aliphatic rings. The number of hydrogen-bond acceptors (Lipinski definition) is 3. The number of hydrogen-bond donors (Lipinski definition) is 1. The second kappa shape index (κ2) is 5.22. The summed E-state index contributed by atoms with van der Waals surface area (Å²) in [6.45, 7) is 2.02.